The summed E-state index contributed by atoms with van der Waals surface area (Å²) in [6, 6.07) is 0. The van der Waals surface area contributed by atoms with E-state index in [4.69, 9.17) is 9.26 Å². The highest BCUT2D eigenvalue weighted by Crippen LogP contribution is 2.31. The summed E-state index contributed by atoms with van der Waals surface area (Å²) in [6.07, 6.45) is 0.908. The van der Waals surface area contributed by atoms with Gasteiger partial charge in [0.15, 0.2) is 0 Å². The van der Waals surface area contributed by atoms with Gasteiger partial charge in [0.25, 0.3) is 0 Å². The number of aromatic nitrogens is 1. The Morgan fingerprint density at radius 3 is 2.64 bits per heavy atom. The highest BCUT2D eigenvalue weighted by molar-refractivity contribution is 7.15. The van der Waals surface area contributed by atoms with Crippen LogP contribution in [0.4, 0.5) is 5.00 Å². The lowest BCUT2D eigenvalue weighted by Gasteiger charge is -2.10. The molecule has 0 aromatic carbocycles. The Kier molecular flexibility index (Phi) is 6.36. The maximum Gasteiger partial charge on any atom is 0.341 e. The summed E-state index contributed by atoms with van der Waals surface area (Å²) in [4.78, 5) is 24.8. The molecular weight excluding hydrogens is 340 g/mol. The number of aryl methyl sites for hydroxylation is 2. The number of esters is 1. The molecule has 2 heterocycles. The van der Waals surface area contributed by atoms with E-state index in [-0.39, 0.29) is 12.3 Å². The third-order valence-corrected chi connectivity index (χ3v) is 4.69. The Balaban J connectivity index is 2.21. The van der Waals surface area contributed by atoms with Gasteiger partial charge < -0.3 is 14.6 Å². The van der Waals surface area contributed by atoms with Crippen molar-refractivity contribution in [2.75, 3.05) is 11.9 Å². The second-order valence-electron chi connectivity index (χ2n) is 6.31. The molecule has 0 atom stereocenters. The number of thiophene rings is 1. The van der Waals surface area contributed by atoms with Crippen LogP contribution in [0.25, 0.3) is 0 Å². The van der Waals surface area contributed by atoms with Gasteiger partial charge in [-0.15, -0.1) is 11.3 Å². The van der Waals surface area contributed by atoms with Crippen molar-refractivity contribution in [3.05, 3.63) is 33.5 Å². The van der Waals surface area contributed by atoms with E-state index in [0.29, 0.717) is 34.5 Å². The van der Waals surface area contributed by atoms with Crippen LogP contribution in [0.2, 0.25) is 0 Å². The van der Waals surface area contributed by atoms with Crippen LogP contribution >= 0.6 is 11.3 Å². The average Bonchev–Trinajstić information content (AvgIpc) is 3.05. The van der Waals surface area contributed by atoms with Gasteiger partial charge in [0.1, 0.15) is 10.8 Å². The van der Waals surface area contributed by atoms with E-state index in [1.165, 1.54) is 11.3 Å². The highest BCUT2D eigenvalue weighted by Gasteiger charge is 2.23. The minimum atomic E-state index is -0.396. The zero-order chi connectivity index (χ0) is 18.6. The van der Waals surface area contributed by atoms with Crippen LogP contribution in [0.1, 0.15) is 53.7 Å². The van der Waals surface area contributed by atoms with E-state index in [1.54, 1.807) is 20.8 Å². The number of hydrogen-bond donors (Lipinski definition) is 1. The van der Waals surface area contributed by atoms with Gasteiger partial charge in [-0.1, -0.05) is 19.0 Å². The molecule has 0 aliphatic heterocycles. The minimum Gasteiger partial charge on any atom is -0.462 e. The van der Waals surface area contributed by atoms with E-state index >= 15 is 0 Å². The number of nitrogens with zero attached hydrogens (tertiary/aromatic N) is 1. The van der Waals surface area contributed by atoms with Crippen molar-refractivity contribution in [1.29, 1.82) is 0 Å². The van der Waals surface area contributed by atoms with Crippen molar-refractivity contribution in [3.8, 4) is 0 Å². The standard InChI is InChI=1S/C18H24N2O4S/c1-6-23-18(22)16-13(7-10(2)3)9-25-17(16)19-15(21)8-14-11(4)20-24-12(14)5/h9-10H,6-8H2,1-5H3,(H,19,21). The lowest BCUT2D eigenvalue weighted by molar-refractivity contribution is -0.115. The number of amides is 1. The largest absolute Gasteiger partial charge is 0.462 e. The number of anilines is 1. The fourth-order valence-electron chi connectivity index (χ4n) is 2.59. The van der Waals surface area contributed by atoms with Crippen molar-refractivity contribution in [2.45, 2.75) is 47.5 Å². The van der Waals surface area contributed by atoms with Crippen molar-refractivity contribution in [3.63, 3.8) is 0 Å². The Morgan fingerprint density at radius 1 is 1.36 bits per heavy atom. The van der Waals surface area contributed by atoms with Crippen LogP contribution in [0.5, 0.6) is 0 Å². The van der Waals surface area contributed by atoms with Gasteiger partial charge in [0.2, 0.25) is 5.91 Å². The van der Waals surface area contributed by atoms with Crippen LogP contribution in [0, 0.1) is 19.8 Å². The molecule has 0 bridgehead atoms. The molecule has 0 aliphatic carbocycles. The van der Waals surface area contributed by atoms with Crippen molar-refractivity contribution >= 4 is 28.2 Å². The van der Waals surface area contributed by atoms with Gasteiger partial charge in [-0.3, -0.25) is 4.79 Å². The Bertz CT molecular complexity index is 742. The van der Waals surface area contributed by atoms with Gasteiger partial charge in [-0.05, 0) is 44.1 Å². The Labute approximate surface area is 151 Å². The van der Waals surface area contributed by atoms with Crippen LogP contribution in [0.15, 0.2) is 9.90 Å². The normalized spacial score (nSPS) is 11.0. The number of carbonyl (C=O) groups is 2. The number of rotatable bonds is 7. The van der Waals surface area contributed by atoms with Gasteiger partial charge in [-0.2, -0.15) is 0 Å². The van der Waals surface area contributed by atoms with Crippen molar-refractivity contribution in [1.82, 2.24) is 5.16 Å². The zero-order valence-electron chi connectivity index (χ0n) is 15.3. The molecule has 0 radical (unpaired) electrons. The van der Waals surface area contributed by atoms with Crippen molar-refractivity contribution in [2.24, 2.45) is 5.92 Å². The van der Waals surface area contributed by atoms with Crippen LogP contribution in [0.3, 0.4) is 0 Å². The molecule has 0 saturated heterocycles. The summed E-state index contributed by atoms with van der Waals surface area (Å²) in [7, 11) is 0. The number of hydrogen-bond acceptors (Lipinski definition) is 6. The first-order chi connectivity index (χ1) is 11.8. The molecule has 0 fully saturated rings. The van der Waals surface area contributed by atoms with Gasteiger partial charge in [0, 0.05) is 5.56 Å². The third kappa shape index (κ3) is 4.69. The first-order valence-electron chi connectivity index (χ1n) is 8.32. The lowest BCUT2D eigenvalue weighted by atomic mass is 10.0. The maximum absolute atomic E-state index is 12.4. The molecule has 1 N–H and O–H groups in total. The summed E-state index contributed by atoms with van der Waals surface area (Å²) in [5.41, 5.74) is 2.85. The van der Waals surface area contributed by atoms with Crippen molar-refractivity contribution < 1.29 is 18.8 Å². The molecule has 7 heteroatoms. The fourth-order valence-corrected chi connectivity index (χ4v) is 3.57. The summed E-state index contributed by atoms with van der Waals surface area (Å²) in [5, 5.41) is 9.15. The molecule has 0 spiro atoms. The molecular formula is C18H24N2O4S. The van der Waals surface area contributed by atoms with Gasteiger partial charge in [0.05, 0.1) is 24.3 Å². The number of nitrogens with one attached hydrogen (secondary N) is 1. The first-order valence-corrected chi connectivity index (χ1v) is 9.20. The molecule has 136 valence electrons. The number of ether oxygens (including phenoxy) is 1. The fraction of sp³-hybridized carbons (Fsp3) is 0.500. The molecule has 2 rings (SSSR count). The minimum absolute atomic E-state index is 0.154. The molecule has 6 nitrogen and oxygen atoms in total. The summed E-state index contributed by atoms with van der Waals surface area (Å²) >= 11 is 1.35. The first kappa shape index (κ1) is 19.2. The Morgan fingerprint density at radius 2 is 2.08 bits per heavy atom. The van der Waals surface area contributed by atoms with E-state index in [0.717, 1.165) is 17.5 Å². The van der Waals surface area contributed by atoms with Crippen LogP contribution in [-0.2, 0) is 22.4 Å². The third-order valence-electron chi connectivity index (χ3n) is 3.75. The van der Waals surface area contributed by atoms with E-state index in [2.05, 4.69) is 24.3 Å². The Hall–Kier alpha value is -2.15. The predicted molar refractivity (Wildman–Crippen MR) is 97.1 cm³/mol. The van der Waals surface area contributed by atoms with E-state index in [9.17, 15) is 9.59 Å². The summed E-state index contributed by atoms with van der Waals surface area (Å²) in [5.74, 6) is 0.420. The quantitative estimate of drug-likeness (QED) is 0.753. The average molecular weight is 364 g/mol. The molecule has 2 aromatic heterocycles. The maximum atomic E-state index is 12.4. The molecule has 0 unspecified atom stereocenters. The van der Waals surface area contributed by atoms with Gasteiger partial charge >= 0.3 is 5.97 Å². The molecule has 25 heavy (non-hydrogen) atoms. The zero-order valence-corrected chi connectivity index (χ0v) is 16.1. The topological polar surface area (TPSA) is 81.4 Å². The summed E-state index contributed by atoms with van der Waals surface area (Å²) in [6.45, 7) is 9.81. The van der Waals surface area contributed by atoms with Gasteiger partial charge in [-0.25, -0.2) is 4.79 Å². The number of carbonyl (C=O) groups excluding carboxylic acids is 2. The van der Waals surface area contributed by atoms with Crippen LogP contribution < -0.4 is 5.32 Å². The molecule has 1 amide bonds. The predicted octanol–water partition coefficient (Wildman–Crippen LogP) is 3.91. The molecule has 2 aromatic rings. The molecule has 0 aliphatic rings. The summed E-state index contributed by atoms with van der Waals surface area (Å²) < 4.78 is 10.3. The second-order valence-corrected chi connectivity index (χ2v) is 7.19. The monoisotopic (exact) mass is 364 g/mol. The molecule has 0 saturated carbocycles. The second kappa shape index (κ2) is 8.29. The lowest BCUT2D eigenvalue weighted by Crippen LogP contribution is -2.17. The van der Waals surface area contributed by atoms with E-state index < -0.39 is 5.97 Å². The highest BCUT2D eigenvalue weighted by atomic mass is 32.1. The van der Waals surface area contributed by atoms with Crippen LogP contribution in [-0.4, -0.2) is 23.6 Å². The smallest absolute Gasteiger partial charge is 0.341 e. The van der Waals surface area contributed by atoms with E-state index in [1.807, 2.05) is 5.38 Å². The SMILES string of the molecule is CCOC(=O)c1c(CC(C)C)csc1NC(=O)Cc1c(C)noc1C.